The molecule has 0 spiro atoms. The Morgan fingerprint density at radius 2 is 2.27 bits per heavy atom. The number of nitrogens with zero attached hydrogens (tertiary/aromatic N) is 3. The van der Waals surface area contributed by atoms with E-state index in [9.17, 15) is 9.18 Å². The number of halogens is 1. The maximum absolute atomic E-state index is 13.5. The van der Waals surface area contributed by atoms with Crippen LogP contribution in [0.5, 0.6) is 5.75 Å². The molecular formula is C22H18FN5O2. The molecule has 1 aliphatic heterocycles. The van der Waals surface area contributed by atoms with Gasteiger partial charge < -0.3 is 19.9 Å². The molecule has 8 heteroatoms. The molecular weight excluding hydrogens is 385 g/mol. The second-order valence-corrected chi connectivity index (χ2v) is 6.71. The van der Waals surface area contributed by atoms with Crippen LogP contribution in [0.15, 0.2) is 36.7 Å². The van der Waals surface area contributed by atoms with E-state index >= 15 is 0 Å². The Hall–Kier alpha value is -4.04. The van der Waals surface area contributed by atoms with E-state index in [1.807, 2.05) is 6.07 Å². The first-order valence-corrected chi connectivity index (χ1v) is 9.36. The molecule has 0 bridgehead atoms. The van der Waals surface area contributed by atoms with Crippen LogP contribution in [-0.2, 0) is 4.79 Å². The van der Waals surface area contributed by atoms with Gasteiger partial charge in [-0.3, -0.25) is 4.79 Å². The molecule has 7 nitrogen and oxygen atoms in total. The number of benzene rings is 1. The van der Waals surface area contributed by atoms with Gasteiger partial charge >= 0.3 is 0 Å². The normalized spacial score (nSPS) is 15.3. The number of fused-ring (bicyclic) bond motifs is 1. The Morgan fingerprint density at radius 3 is 3.10 bits per heavy atom. The van der Waals surface area contributed by atoms with Crippen LogP contribution in [0, 0.1) is 30.0 Å². The number of likely N-dealkylation sites (tertiary alicyclic amines) is 1. The van der Waals surface area contributed by atoms with Crippen molar-refractivity contribution in [2.75, 3.05) is 25.0 Å². The van der Waals surface area contributed by atoms with Crippen LogP contribution < -0.4 is 10.1 Å². The summed E-state index contributed by atoms with van der Waals surface area (Å²) in [6.07, 6.45) is 7.43. The van der Waals surface area contributed by atoms with Gasteiger partial charge in [0.25, 0.3) is 5.91 Å². The summed E-state index contributed by atoms with van der Waals surface area (Å²) >= 11 is 0. The van der Waals surface area contributed by atoms with E-state index in [0.717, 1.165) is 11.8 Å². The molecule has 3 heterocycles. The number of nitrogens with one attached hydrogen (secondary N) is 2. The van der Waals surface area contributed by atoms with E-state index in [-0.39, 0.29) is 24.3 Å². The lowest BCUT2D eigenvalue weighted by Gasteiger charge is -2.15. The van der Waals surface area contributed by atoms with Gasteiger partial charge in [-0.15, -0.1) is 6.42 Å². The van der Waals surface area contributed by atoms with Crippen molar-refractivity contribution in [2.24, 2.45) is 0 Å². The summed E-state index contributed by atoms with van der Waals surface area (Å²) < 4.78 is 18.9. The highest BCUT2D eigenvalue weighted by Gasteiger charge is 2.26. The van der Waals surface area contributed by atoms with Gasteiger partial charge in [-0.25, -0.2) is 14.4 Å². The van der Waals surface area contributed by atoms with Crippen LogP contribution in [0.25, 0.3) is 11.0 Å². The summed E-state index contributed by atoms with van der Waals surface area (Å²) in [7, 11) is 0. The molecule has 2 N–H and O–H groups in total. The Morgan fingerprint density at radius 1 is 1.40 bits per heavy atom. The number of hydrogen-bond acceptors (Lipinski definition) is 5. The third kappa shape index (κ3) is 4.18. The van der Waals surface area contributed by atoms with Crippen LogP contribution in [0.1, 0.15) is 12.1 Å². The third-order valence-corrected chi connectivity index (χ3v) is 4.72. The summed E-state index contributed by atoms with van der Waals surface area (Å²) in [6, 6.07) is 8.07. The number of aromatic amines is 1. The second kappa shape index (κ2) is 8.54. The zero-order chi connectivity index (χ0) is 20.9. The molecule has 1 amide bonds. The number of H-pyrrole nitrogens is 1. The maximum Gasteiger partial charge on any atom is 0.298 e. The smallest absolute Gasteiger partial charge is 0.298 e. The van der Waals surface area contributed by atoms with Gasteiger partial charge in [-0.05, 0) is 36.5 Å². The van der Waals surface area contributed by atoms with Gasteiger partial charge in [0, 0.05) is 19.1 Å². The largest absolute Gasteiger partial charge is 0.478 e. The number of amides is 1. The van der Waals surface area contributed by atoms with Crippen LogP contribution >= 0.6 is 0 Å². The summed E-state index contributed by atoms with van der Waals surface area (Å²) in [5.74, 6) is 8.04. The monoisotopic (exact) mass is 403 g/mol. The van der Waals surface area contributed by atoms with Crippen molar-refractivity contribution in [1.82, 2.24) is 19.9 Å². The average molecular weight is 403 g/mol. The molecule has 150 valence electrons. The van der Waals surface area contributed by atoms with Gasteiger partial charge in [-0.2, -0.15) is 0 Å². The van der Waals surface area contributed by atoms with Crippen molar-refractivity contribution < 1.29 is 13.9 Å². The maximum atomic E-state index is 13.5. The predicted molar refractivity (Wildman–Crippen MR) is 110 cm³/mol. The first-order chi connectivity index (χ1) is 14.6. The highest BCUT2D eigenvalue weighted by atomic mass is 19.1. The topological polar surface area (TPSA) is 83.1 Å². The van der Waals surface area contributed by atoms with Crippen molar-refractivity contribution in [2.45, 2.75) is 12.5 Å². The van der Waals surface area contributed by atoms with Gasteiger partial charge in [-0.1, -0.05) is 18.1 Å². The van der Waals surface area contributed by atoms with Crippen molar-refractivity contribution in [3.8, 4) is 29.9 Å². The van der Waals surface area contributed by atoms with E-state index in [1.54, 1.807) is 23.1 Å². The summed E-state index contributed by atoms with van der Waals surface area (Å²) in [5, 5.41) is 4.14. The van der Waals surface area contributed by atoms with Gasteiger partial charge in [0.2, 0.25) is 0 Å². The highest BCUT2D eigenvalue weighted by molar-refractivity contribution is 5.93. The predicted octanol–water partition coefficient (Wildman–Crippen LogP) is 2.17. The Kier molecular flexibility index (Phi) is 5.49. The van der Waals surface area contributed by atoms with Crippen LogP contribution in [-0.4, -0.2) is 51.5 Å². The standard InChI is InChI=1S/C22H18FN5O2/c1-2-20(29)28-10-9-16(13-28)27-22-17-12-15(26-21(17)24-14-25-22)6-5-11-30-19-8-4-3-7-18(19)23/h1,3-4,7-8,12,14,16H,9-11,13H2,(H2,24,25,26,27). The fraction of sp³-hybridized carbons (Fsp3) is 0.227. The van der Waals surface area contributed by atoms with E-state index < -0.39 is 5.82 Å². The van der Waals surface area contributed by atoms with Crippen molar-refractivity contribution in [3.63, 3.8) is 0 Å². The molecule has 0 aliphatic carbocycles. The minimum Gasteiger partial charge on any atom is -0.478 e. The zero-order valence-electron chi connectivity index (χ0n) is 16.0. The minimum atomic E-state index is -0.426. The van der Waals surface area contributed by atoms with E-state index in [1.165, 1.54) is 12.4 Å². The first-order valence-electron chi connectivity index (χ1n) is 9.36. The number of hydrogen-bond donors (Lipinski definition) is 2. The number of carbonyl (C=O) groups excluding carboxylic acids is 1. The number of anilines is 1. The number of carbonyl (C=O) groups is 1. The van der Waals surface area contributed by atoms with Crippen molar-refractivity contribution in [1.29, 1.82) is 0 Å². The molecule has 0 saturated carbocycles. The first kappa shape index (κ1) is 19.3. The molecule has 2 aromatic heterocycles. The van der Waals surface area contributed by atoms with E-state index in [2.05, 4.69) is 38.0 Å². The molecule has 1 saturated heterocycles. The SMILES string of the molecule is C#CC(=O)N1CCC(Nc2ncnc3[nH]c(C#CCOc4ccccc4F)cc23)C1. The Labute approximate surface area is 172 Å². The molecule has 30 heavy (non-hydrogen) atoms. The quantitative estimate of drug-likeness (QED) is 0.653. The molecule has 3 aromatic rings. The molecule has 1 aromatic carbocycles. The molecule has 1 fully saturated rings. The zero-order valence-corrected chi connectivity index (χ0v) is 16.0. The summed E-state index contributed by atoms with van der Waals surface area (Å²) in [5.41, 5.74) is 1.28. The van der Waals surface area contributed by atoms with Gasteiger partial charge in [0.1, 0.15) is 24.4 Å². The molecule has 1 unspecified atom stereocenters. The van der Waals surface area contributed by atoms with Crippen LogP contribution in [0.4, 0.5) is 10.2 Å². The van der Waals surface area contributed by atoms with Gasteiger partial charge in [0.05, 0.1) is 11.1 Å². The molecule has 1 aliphatic rings. The summed E-state index contributed by atoms with van der Waals surface area (Å²) in [6.45, 7) is 1.19. The van der Waals surface area contributed by atoms with Crippen LogP contribution in [0.2, 0.25) is 0 Å². The van der Waals surface area contributed by atoms with E-state index in [4.69, 9.17) is 11.2 Å². The third-order valence-electron chi connectivity index (χ3n) is 4.72. The van der Waals surface area contributed by atoms with Crippen molar-refractivity contribution in [3.05, 3.63) is 48.2 Å². The Bertz CT molecular complexity index is 1190. The highest BCUT2D eigenvalue weighted by Crippen LogP contribution is 2.23. The molecule has 4 rings (SSSR count). The van der Waals surface area contributed by atoms with Gasteiger partial charge in [0.15, 0.2) is 11.6 Å². The Balaban J connectivity index is 1.43. The second-order valence-electron chi connectivity index (χ2n) is 6.71. The lowest BCUT2D eigenvalue weighted by atomic mass is 10.2. The lowest BCUT2D eigenvalue weighted by Crippen LogP contribution is -2.30. The molecule has 1 atom stereocenters. The number of terminal acetylenes is 1. The van der Waals surface area contributed by atoms with Crippen LogP contribution in [0.3, 0.4) is 0 Å². The fourth-order valence-electron chi connectivity index (χ4n) is 3.28. The molecule has 0 radical (unpaired) electrons. The van der Waals surface area contributed by atoms with E-state index in [0.29, 0.717) is 30.2 Å². The fourth-order valence-corrected chi connectivity index (χ4v) is 3.28. The average Bonchev–Trinajstić information content (AvgIpc) is 3.39. The number of aromatic nitrogens is 3. The van der Waals surface area contributed by atoms with Crippen molar-refractivity contribution >= 4 is 22.8 Å². The number of para-hydroxylation sites is 1. The summed E-state index contributed by atoms with van der Waals surface area (Å²) in [4.78, 5) is 25.0. The lowest BCUT2D eigenvalue weighted by molar-refractivity contribution is -0.124. The number of rotatable bonds is 4. The number of ether oxygens (including phenoxy) is 1. The minimum absolute atomic E-state index is 0.0498.